The second kappa shape index (κ2) is 6.03. The summed E-state index contributed by atoms with van der Waals surface area (Å²) in [5, 5.41) is 14.4. The molecule has 1 aromatic rings. The first kappa shape index (κ1) is 16.1. The van der Waals surface area contributed by atoms with Crippen molar-refractivity contribution >= 4 is 23.5 Å². The molecule has 8 heteroatoms. The molecule has 0 saturated carbocycles. The van der Waals surface area contributed by atoms with E-state index in [2.05, 4.69) is 5.10 Å². The first-order valence-electron chi connectivity index (χ1n) is 7.55. The van der Waals surface area contributed by atoms with Crippen molar-refractivity contribution in [3.05, 3.63) is 34.6 Å². The Labute approximate surface area is 137 Å². The molecule has 0 fully saturated rings. The number of rotatable bonds is 2. The van der Waals surface area contributed by atoms with E-state index in [0.29, 0.717) is 11.1 Å². The van der Waals surface area contributed by atoms with Crippen LogP contribution in [-0.4, -0.2) is 52.1 Å². The summed E-state index contributed by atoms with van der Waals surface area (Å²) < 4.78 is 13.9. The number of aromatic carboxylic acids is 1. The summed E-state index contributed by atoms with van der Waals surface area (Å²) in [4.78, 5) is 36.8. The lowest BCUT2D eigenvalue weighted by atomic mass is 9.93. The van der Waals surface area contributed by atoms with Gasteiger partial charge in [-0.15, -0.1) is 0 Å². The average Bonchev–Trinajstić information content (AvgIpc) is 2.56. The second-order valence-corrected chi connectivity index (χ2v) is 5.80. The van der Waals surface area contributed by atoms with Crippen LogP contribution in [0.3, 0.4) is 0 Å². The van der Waals surface area contributed by atoms with Crippen LogP contribution in [0.25, 0.3) is 0 Å². The molecule has 0 aliphatic carbocycles. The van der Waals surface area contributed by atoms with Gasteiger partial charge in [-0.1, -0.05) is 0 Å². The Morgan fingerprint density at radius 2 is 1.96 bits per heavy atom. The topological polar surface area (TPSA) is 90.3 Å². The van der Waals surface area contributed by atoms with Crippen molar-refractivity contribution in [1.29, 1.82) is 0 Å². The van der Waals surface area contributed by atoms with E-state index in [1.54, 1.807) is 0 Å². The minimum absolute atomic E-state index is 0.00165. The van der Waals surface area contributed by atoms with Crippen LogP contribution in [0.15, 0.2) is 17.2 Å². The smallest absolute Gasteiger partial charge is 0.336 e. The molecule has 2 aliphatic rings. The minimum Gasteiger partial charge on any atom is -0.478 e. The van der Waals surface area contributed by atoms with E-state index in [1.807, 2.05) is 0 Å². The summed E-state index contributed by atoms with van der Waals surface area (Å²) >= 11 is 0. The maximum Gasteiger partial charge on any atom is 0.336 e. The summed E-state index contributed by atoms with van der Waals surface area (Å²) in [6, 6.07) is 2.36. The molecule has 0 unspecified atom stereocenters. The molecule has 2 heterocycles. The molecule has 0 atom stereocenters. The van der Waals surface area contributed by atoms with E-state index in [1.165, 1.54) is 18.0 Å². The Bertz CT molecular complexity index is 775. The van der Waals surface area contributed by atoms with Crippen LogP contribution in [-0.2, 0) is 22.6 Å². The zero-order valence-electron chi connectivity index (χ0n) is 13.1. The lowest BCUT2D eigenvalue weighted by Gasteiger charge is -2.31. The Hall–Kier alpha value is -2.77. The quantitative estimate of drug-likeness (QED) is 0.875. The van der Waals surface area contributed by atoms with E-state index in [-0.39, 0.29) is 55.4 Å². The molecule has 7 nitrogen and oxygen atoms in total. The second-order valence-electron chi connectivity index (χ2n) is 5.80. The number of hydrogen-bond donors (Lipinski definition) is 1. The fourth-order valence-electron chi connectivity index (χ4n) is 3.01. The van der Waals surface area contributed by atoms with Gasteiger partial charge in [0.05, 0.1) is 5.56 Å². The van der Waals surface area contributed by atoms with E-state index in [4.69, 9.17) is 0 Å². The summed E-state index contributed by atoms with van der Waals surface area (Å²) in [6.07, 6.45) is 0.705. The van der Waals surface area contributed by atoms with Crippen molar-refractivity contribution in [2.24, 2.45) is 5.10 Å². The Kier molecular flexibility index (Phi) is 4.04. The van der Waals surface area contributed by atoms with Gasteiger partial charge in [-0.05, 0) is 29.7 Å². The first-order chi connectivity index (χ1) is 11.4. The number of hydrazone groups is 1. The number of carboxylic acids is 1. The summed E-state index contributed by atoms with van der Waals surface area (Å²) in [6.45, 7) is 0.298. The standard InChI is InChI=1S/C16H16FN3O4/c1-19-14(21)5-4-13(18-19)15(22)20-7-6-9-11(8-20)10(16(23)24)2-3-12(9)17/h2-3H,4-8H2,1H3,(H,23,24). The van der Waals surface area contributed by atoms with Gasteiger partial charge in [0.2, 0.25) is 5.91 Å². The van der Waals surface area contributed by atoms with Gasteiger partial charge < -0.3 is 10.0 Å². The van der Waals surface area contributed by atoms with Crippen LogP contribution in [0.2, 0.25) is 0 Å². The molecule has 24 heavy (non-hydrogen) atoms. The molecule has 0 bridgehead atoms. The van der Waals surface area contributed by atoms with Gasteiger partial charge in [0, 0.05) is 33.0 Å². The third-order valence-corrected chi connectivity index (χ3v) is 4.33. The SMILES string of the molecule is CN1N=C(C(=O)N2CCc3c(F)ccc(C(=O)O)c3C2)CCC1=O. The first-order valence-corrected chi connectivity index (χ1v) is 7.55. The molecule has 126 valence electrons. The Balaban J connectivity index is 1.89. The number of amides is 2. The van der Waals surface area contributed by atoms with Crippen LogP contribution in [0.5, 0.6) is 0 Å². The number of halogens is 1. The molecule has 3 rings (SSSR count). The normalized spacial score (nSPS) is 17.4. The van der Waals surface area contributed by atoms with Gasteiger partial charge in [0.1, 0.15) is 11.5 Å². The fourth-order valence-corrected chi connectivity index (χ4v) is 3.01. The van der Waals surface area contributed by atoms with Gasteiger partial charge in [-0.3, -0.25) is 9.59 Å². The van der Waals surface area contributed by atoms with Gasteiger partial charge in [-0.2, -0.15) is 5.10 Å². The van der Waals surface area contributed by atoms with Crippen LogP contribution in [0.1, 0.15) is 34.3 Å². The largest absolute Gasteiger partial charge is 0.478 e. The van der Waals surface area contributed by atoms with E-state index < -0.39 is 11.8 Å². The molecular weight excluding hydrogens is 317 g/mol. The highest BCUT2D eigenvalue weighted by Crippen LogP contribution is 2.26. The number of nitrogens with zero attached hydrogens (tertiary/aromatic N) is 3. The van der Waals surface area contributed by atoms with Gasteiger partial charge >= 0.3 is 5.97 Å². The van der Waals surface area contributed by atoms with Gasteiger partial charge in [0.15, 0.2) is 0 Å². The molecule has 0 aromatic heterocycles. The number of carbonyl (C=O) groups excluding carboxylic acids is 2. The van der Waals surface area contributed by atoms with Crippen LogP contribution in [0, 0.1) is 5.82 Å². The lowest BCUT2D eigenvalue weighted by Crippen LogP contribution is -2.43. The lowest BCUT2D eigenvalue weighted by molar-refractivity contribution is -0.130. The maximum atomic E-state index is 13.9. The maximum absolute atomic E-state index is 13.9. The third kappa shape index (κ3) is 2.75. The van der Waals surface area contributed by atoms with Crippen LogP contribution >= 0.6 is 0 Å². The zero-order chi connectivity index (χ0) is 17.4. The van der Waals surface area contributed by atoms with E-state index >= 15 is 0 Å². The van der Waals surface area contributed by atoms with Crippen molar-refractivity contribution in [2.75, 3.05) is 13.6 Å². The van der Waals surface area contributed by atoms with Crippen molar-refractivity contribution in [2.45, 2.75) is 25.8 Å². The number of carboxylic acid groups (broad SMARTS) is 1. The van der Waals surface area contributed by atoms with Crippen LogP contribution < -0.4 is 0 Å². The summed E-state index contributed by atoms with van der Waals surface area (Å²) in [5.41, 5.74) is 0.926. The highest BCUT2D eigenvalue weighted by atomic mass is 19.1. The van der Waals surface area contributed by atoms with Crippen molar-refractivity contribution < 1.29 is 23.9 Å². The van der Waals surface area contributed by atoms with E-state index in [9.17, 15) is 23.9 Å². The molecule has 2 aliphatic heterocycles. The fraction of sp³-hybridized carbons (Fsp3) is 0.375. The third-order valence-electron chi connectivity index (χ3n) is 4.33. The predicted molar refractivity (Wildman–Crippen MR) is 81.9 cm³/mol. The average molecular weight is 333 g/mol. The van der Waals surface area contributed by atoms with E-state index in [0.717, 1.165) is 11.1 Å². The van der Waals surface area contributed by atoms with Gasteiger partial charge in [-0.25, -0.2) is 14.2 Å². The molecule has 2 amide bonds. The molecule has 0 saturated heterocycles. The minimum atomic E-state index is -1.15. The summed E-state index contributed by atoms with van der Waals surface area (Å²) in [7, 11) is 1.48. The molecule has 0 spiro atoms. The van der Waals surface area contributed by atoms with Crippen molar-refractivity contribution in [3.63, 3.8) is 0 Å². The highest BCUT2D eigenvalue weighted by molar-refractivity contribution is 6.39. The highest BCUT2D eigenvalue weighted by Gasteiger charge is 2.31. The number of carbonyl (C=O) groups is 3. The number of fused-ring (bicyclic) bond motifs is 1. The number of benzene rings is 1. The van der Waals surface area contributed by atoms with Crippen molar-refractivity contribution in [1.82, 2.24) is 9.91 Å². The monoisotopic (exact) mass is 333 g/mol. The van der Waals surface area contributed by atoms with Crippen molar-refractivity contribution in [3.8, 4) is 0 Å². The Morgan fingerprint density at radius 1 is 1.21 bits per heavy atom. The summed E-state index contributed by atoms with van der Waals surface area (Å²) in [5.74, 6) is -2.12. The Morgan fingerprint density at radius 3 is 2.62 bits per heavy atom. The molecule has 1 N–H and O–H groups in total. The molecule has 1 aromatic carbocycles. The predicted octanol–water partition coefficient (Wildman–Crippen LogP) is 1.02. The zero-order valence-corrected chi connectivity index (χ0v) is 13.1. The molecule has 0 radical (unpaired) electrons. The van der Waals surface area contributed by atoms with Crippen LogP contribution in [0.4, 0.5) is 4.39 Å². The number of hydrogen-bond acceptors (Lipinski definition) is 4. The molecular formula is C16H16FN3O4. The van der Waals surface area contributed by atoms with Gasteiger partial charge in [0.25, 0.3) is 5.91 Å².